The zero-order chi connectivity index (χ0) is 9.07. The van der Waals surface area contributed by atoms with Gasteiger partial charge < -0.3 is 0 Å². The molecule has 0 rings (SSSR count). The van der Waals surface area contributed by atoms with Gasteiger partial charge in [-0.05, 0) is 25.7 Å². The molecular formula is C12H20. The van der Waals surface area contributed by atoms with E-state index < -0.39 is 0 Å². The van der Waals surface area contributed by atoms with E-state index in [1.807, 2.05) is 6.08 Å². The van der Waals surface area contributed by atoms with Crippen LogP contribution in [0.5, 0.6) is 0 Å². The molecule has 0 heteroatoms. The van der Waals surface area contributed by atoms with Gasteiger partial charge in [-0.2, -0.15) is 0 Å². The lowest BCUT2D eigenvalue weighted by molar-refractivity contribution is 0.943. The van der Waals surface area contributed by atoms with E-state index in [-0.39, 0.29) is 0 Å². The van der Waals surface area contributed by atoms with E-state index in [2.05, 4.69) is 37.8 Å². The lowest BCUT2D eigenvalue weighted by atomic mass is 10.2. The van der Waals surface area contributed by atoms with Crippen molar-refractivity contribution in [3.8, 4) is 0 Å². The molecule has 0 amide bonds. The highest BCUT2D eigenvalue weighted by Gasteiger charge is 1.76. The third-order valence-corrected chi connectivity index (χ3v) is 1.59. The van der Waals surface area contributed by atoms with Gasteiger partial charge in [-0.15, -0.1) is 6.58 Å². The van der Waals surface area contributed by atoms with Crippen molar-refractivity contribution in [1.82, 2.24) is 0 Å². The summed E-state index contributed by atoms with van der Waals surface area (Å²) in [6.07, 6.45) is 16.6. The maximum atomic E-state index is 3.65. The van der Waals surface area contributed by atoms with Crippen molar-refractivity contribution in [3.05, 3.63) is 37.0 Å². The lowest BCUT2D eigenvalue weighted by Gasteiger charge is -1.86. The van der Waals surface area contributed by atoms with Gasteiger partial charge in [0.1, 0.15) is 0 Å². The molecule has 0 saturated carbocycles. The Morgan fingerprint density at radius 1 is 0.917 bits per heavy atom. The molecule has 0 atom stereocenters. The second kappa shape index (κ2) is 10.2. The van der Waals surface area contributed by atoms with Crippen molar-refractivity contribution in [2.24, 2.45) is 0 Å². The van der Waals surface area contributed by atoms with Crippen molar-refractivity contribution in [3.63, 3.8) is 0 Å². The van der Waals surface area contributed by atoms with Crippen LogP contribution in [0.3, 0.4) is 0 Å². The summed E-state index contributed by atoms with van der Waals surface area (Å²) in [5.41, 5.74) is 0. The first kappa shape index (κ1) is 11.2. The molecule has 12 heavy (non-hydrogen) atoms. The van der Waals surface area contributed by atoms with E-state index in [9.17, 15) is 0 Å². The maximum Gasteiger partial charge on any atom is -0.0172 e. The Bertz CT molecular complexity index is 140. The molecule has 0 bridgehead atoms. The Hall–Kier alpha value is -0.780. The third kappa shape index (κ3) is 9.22. The molecule has 0 spiro atoms. The van der Waals surface area contributed by atoms with Crippen molar-refractivity contribution in [2.45, 2.75) is 39.0 Å². The maximum absolute atomic E-state index is 3.65. The molecule has 0 fully saturated rings. The lowest BCUT2D eigenvalue weighted by Crippen LogP contribution is -1.66. The second-order valence-corrected chi connectivity index (χ2v) is 2.83. The van der Waals surface area contributed by atoms with Crippen LogP contribution in [0.15, 0.2) is 37.0 Å². The summed E-state index contributed by atoms with van der Waals surface area (Å²) in [7, 11) is 0. The number of rotatable bonds is 7. The van der Waals surface area contributed by atoms with Crippen molar-refractivity contribution in [2.75, 3.05) is 0 Å². The van der Waals surface area contributed by atoms with Gasteiger partial charge in [0.15, 0.2) is 0 Å². The van der Waals surface area contributed by atoms with Gasteiger partial charge in [0.25, 0.3) is 0 Å². The molecule has 0 aromatic rings. The van der Waals surface area contributed by atoms with Crippen LogP contribution in [0.25, 0.3) is 0 Å². The van der Waals surface area contributed by atoms with Crippen LogP contribution in [-0.2, 0) is 0 Å². The fourth-order valence-electron chi connectivity index (χ4n) is 0.905. The van der Waals surface area contributed by atoms with Crippen molar-refractivity contribution >= 4 is 0 Å². The summed E-state index contributed by atoms with van der Waals surface area (Å²) in [5, 5.41) is 0. The highest BCUT2D eigenvalue weighted by atomic mass is 13.8. The SMILES string of the molecule is C=CC/C=C/CC/C=C/CCC. The molecular weight excluding hydrogens is 144 g/mol. The summed E-state index contributed by atoms with van der Waals surface area (Å²) in [5.74, 6) is 0. The summed E-state index contributed by atoms with van der Waals surface area (Å²) in [6, 6.07) is 0. The zero-order valence-electron chi connectivity index (χ0n) is 8.13. The second-order valence-electron chi connectivity index (χ2n) is 2.83. The molecule has 0 aliphatic heterocycles. The molecule has 68 valence electrons. The first-order chi connectivity index (χ1) is 5.91. The topological polar surface area (TPSA) is 0 Å². The average Bonchev–Trinajstić information content (AvgIpc) is 2.10. The first-order valence-corrected chi connectivity index (χ1v) is 4.82. The molecule has 0 aromatic heterocycles. The fourth-order valence-corrected chi connectivity index (χ4v) is 0.905. The summed E-state index contributed by atoms with van der Waals surface area (Å²) < 4.78 is 0. The van der Waals surface area contributed by atoms with Crippen LogP contribution in [0.1, 0.15) is 39.0 Å². The van der Waals surface area contributed by atoms with Gasteiger partial charge >= 0.3 is 0 Å². The highest BCUT2D eigenvalue weighted by Crippen LogP contribution is 1.96. The van der Waals surface area contributed by atoms with Crippen LogP contribution in [0.2, 0.25) is 0 Å². The van der Waals surface area contributed by atoms with E-state index in [0.29, 0.717) is 0 Å². The molecule has 0 aliphatic rings. The number of allylic oxidation sites excluding steroid dienone is 5. The predicted octanol–water partition coefficient (Wildman–Crippen LogP) is 4.26. The zero-order valence-corrected chi connectivity index (χ0v) is 8.13. The Labute approximate surface area is 76.7 Å². The van der Waals surface area contributed by atoms with Crippen LogP contribution in [0.4, 0.5) is 0 Å². The van der Waals surface area contributed by atoms with Crippen LogP contribution < -0.4 is 0 Å². The quantitative estimate of drug-likeness (QED) is 0.389. The summed E-state index contributed by atoms with van der Waals surface area (Å²) in [6.45, 7) is 5.86. The Balaban J connectivity index is 3.14. The molecule has 0 unspecified atom stereocenters. The van der Waals surface area contributed by atoms with Crippen LogP contribution in [0, 0.1) is 0 Å². The predicted molar refractivity (Wildman–Crippen MR) is 57.2 cm³/mol. The van der Waals surface area contributed by atoms with Crippen LogP contribution in [-0.4, -0.2) is 0 Å². The summed E-state index contributed by atoms with van der Waals surface area (Å²) >= 11 is 0. The van der Waals surface area contributed by atoms with Gasteiger partial charge in [-0.3, -0.25) is 0 Å². The average molecular weight is 164 g/mol. The Kier molecular flexibility index (Phi) is 9.56. The smallest absolute Gasteiger partial charge is 0.0172 e. The van der Waals surface area contributed by atoms with Crippen molar-refractivity contribution < 1.29 is 0 Å². The fraction of sp³-hybridized carbons (Fsp3) is 0.500. The van der Waals surface area contributed by atoms with E-state index in [1.54, 1.807) is 0 Å². The van der Waals surface area contributed by atoms with E-state index in [1.165, 1.54) is 19.3 Å². The molecule has 0 nitrogen and oxygen atoms in total. The van der Waals surface area contributed by atoms with Gasteiger partial charge in [0.05, 0.1) is 0 Å². The standard InChI is InChI=1S/C12H20/c1-3-5-7-9-11-12-10-8-6-4-2/h3,7-10H,1,4-6,11-12H2,2H3/b9-7+,10-8+. The number of unbranched alkanes of at least 4 members (excludes halogenated alkanes) is 2. The molecule has 0 saturated heterocycles. The van der Waals surface area contributed by atoms with Gasteiger partial charge in [0, 0.05) is 0 Å². The molecule has 0 heterocycles. The minimum atomic E-state index is 0.999. The van der Waals surface area contributed by atoms with Crippen molar-refractivity contribution in [1.29, 1.82) is 0 Å². The molecule has 0 N–H and O–H groups in total. The van der Waals surface area contributed by atoms with Crippen LogP contribution >= 0.6 is 0 Å². The van der Waals surface area contributed by atoms with E-state index in [4.69, 9.17) is 0 Å². The number of hydrogen-bond donors (Lipinski definition) is 0. The van der Waals surface area contributed by atoms with E-state index in [0.717, 1.165) is 12.8 Å². The summed E-state index contributed by atoms with van der Waals surface area (Å²) in [4.78, 5) is 0. The monoisotopic (exact) mass is 164 g/mol. The van der Waals surface area contributed by atoms with E-state index >= 15 is 0 Å². The molecule has 0 aliphatic carbocycles. The normalized spacial score (nSPS) is 11.4. The largest absolute Gasteiger partial charge is 0.103 e. The Morgan fingerprint density at radius 3 is 2.08 bits per heavy atom. The first-order valence-electron chi connectivity index (χ1n) is 4.82. The Morgan fingerprint density at radius 2 is 1.50 bits per heavy atom. The van der Waals surface area contributed by atoms with Gasteiger partial charge in [-0.25, -0.2) is 0 Å². The molecule has 0 radical (unpaired) electrons. The number of hydrogen-bond acceptors (Lipinski definition) is 0. The third-order valence-electron chi connectivity index (χ3n) is 1.59. The van der Waals surface area contributed by atoms with Gasteiger partial charge in [0.2, 0.25) is 0 Å². The minimum Gasteiger partial charge on any atom is -0.103 e. The molecule has 0 aromatic carbocycles. The highest BCUT2D eigenvalue weighted by molar-refractivity contribution is 4.91. The minimum absolute atomic E-state index is 0.999. The van der Waals surface area contributed by atoms with Gasteiger partial charge in [-0.1, -0.05) is 43.7 Å².